The largest absolute Gasteiger partial charge is 0.493 e. The number of ether oxygens (including phenoxy) is 1. The Morgan fingerprint density at radius 1 is 0.906 bits per heavy atom. The summed E-state index contributed by atoms with van der Waals surface area (Å²) in [4.78, 5) is 25.4. The molecular formula is C26H30N4O2. The number of allylic oxidation sites excluding steroid dienone is 1. The molecule has 1 N–H and O–H groups in total. The van der Waals surface area contributed by atoms with Gasteiger partial charge in [0, 0.05) is 37.5 Å². The molecule has 0 aromatic carbocycles. The normalized spacial score (nSPS) is 10.5. The van der Waals surface area contributed by atoms with Crippen LogP contribution in [-0.2, 0) is 4.79 Å². The minimum atomic E-state index is 0.115. The smallest absolute Gasteiger partial charge is 0.219 e. The number of carbonyl (C=O) groups excluding carboxylic acids is 1. The molecule has 6 nitrogen and oxygen atoms in total. The Morgan fingerprint density at radius 2 is 1.59 bits per heavy atom. The van der Waals surface area contributed by atoms with E-state index in [9.17, 15) is 4.79 Å². The third-order valence-electron chi connectivity index (χ3n) is 4.88. The fourth-order valence-corrected chi connectivity index (χ4v) is 3.20. The second-order valence-electron chi connectivity index (χ2n) is 7.44. The topological polar surface area (TPSA) is 77.0 Å². The van der Waals surface area contributed by atoms with E-state index < -0.39 is 0 Å². The van der Waals surface area contributed by atoms with Gasteiger partial charge < -0.3 is 10.1 Å². The van der Waals surface area contributed by atoms with E-state index >= 15 is 0 Å². The number of carbonyl (C=O) groups is 1. The maximum absolute atomic E-state index is 11.8. The summed E-state index contributed by atoms with van der Waals surface area (Å²) >= 11 is 0. The lowest BCUT2D eigenvalue weighted by molar-refractivity contribution is -0.121. The maximum Gasteiger partial charge on any atom is 0.219 e. The van der Waals surface area contributed by atoms with Crippen molar-refractivity contribution in [1.82, 2.24) is 20.3 Å². The molecule has 3 rings (SSSR count). The fourth-order valence-electron chi connectivity index (χ4n) is 3.20. The molecule has 0 saturated heterocycles. The number of pyridine rings is 3. The van der Waals surface area contributed by atoms with Gasteiger partial charge in [0.25, 0.3) is 0 Å². The van der Waals surface area contributed by atoms with Gasteiger partial charge in [-0.25, -0.2) is 4.98 Å². The number of rotatable bonds is 13. The van der Waals surface area contributed by atoms with E-state index in [-0.39, 0.29) is 5.91 Å². The first-order valence-electron chi connectivity index (χ1n) is 11.1. The van der Waals surface area contributed by atoms with E-state index in [0.29, 0.717) is 19.6 Å². The Labute approximate surface area is 189 Å². The second kappa shape index (κ2) is 13.0. The molecule has 0 fully saturated rings. The van der Waals surface area contributed by atoms with Crippen LogP contribution in [-0.4, -0.2) is 34.0 Å². The third-order valence-corrected chi connectivity index (χ3v) is 4.88. The van der Waals surface area contributed by atoms with Gasteiger partial charge in [-0.05, 0) is 56.4 Å². The summed E-state index contributed by atoms with van der Waals surface area (Å²) in [7, 11) is 0. The van der Waals surface area contributed by atoms with Crippen LogP contribution >= 0.6 is 0 Å². The van der Waals surface area contributed by atoms with E-state index in [0.717, 1.165) is 60.6 Å². The molecule has 32 heavy (non-hydrogen) atoms. The van der Waals surface area contributed by atoms with Crippen molar-refractivity contribution in [3.05, 3.63) is 73.6 Å². The molecule has 0 atom stereocenters. The average Bonchev–Trinajstić information content (AvgIpc) is 2.85. The predicted molar refractivity (Wildman–Crippen MR) is 127 cm³/mol. The summed E-state index contributed by atoms with van der Waals surface area (Å²) in [5.74, 6) is 0.852. The van der Waals surface area contributed by atoms with Crippen LogP contribution in [0.3, 0.4) is 0 Å². The molecule has 0 aliphatic rings. The molecule has 0 aliphatic heterocycles. The summed E-state index contributed by atoms with van der Waals surface area (Å²) in [5.41, 5.74) is 3.07. The standard InChI is InChI=1S/C26H30N4O2/c1-2-3-8-17-29-26(31)14-5-4-11-18-32-21-19-24(22-12-6-9-15-27-22)30-25(20-21)23-13-7-10-16-28-23/h2,6-7,9-10,12-13,15-16,19-20H,1,3-5,8,11,14,17-18H2,(H,29,31). The van der Waals surface area contributed by atoms with E-state index in [4.69, 9.17) is 9.72 Å². The van der Waals surface area contributed by atoms with E-state index in [2.05, 4.69) is 21.9 Å². The van der Waals surface area contributed by atoms with E-state index in [1.807, 2.05) is 54.6 Å². The molecule has 3 aromatic heterocycles. The minimum absolute atomic E-state index is 0.115. The Kier molecular flexibility index (Phi) is 9.39. The highest BCUT2D eigenvalue weighted by Gasteiger charge is 2.10. The predicted octanol–water partition coefficient (Wildman–Crippen LogP) is 5.23. The van der Waals surface area contributed by atoms with Crippen LogP contribution in [0.2, 0.25) is 0 Å². The Bertz CT molecular complexity index is 920. The first-order valence-corrected chi connectivity index (χ1v) is 11.1. The van der Waals surface area contributed by atoms with Crippen molar-refractivity contribution in [3.63, 3.8) is 0 Å². The molecule has 3 heterocycles. The zero-order valence-electron chi connectivity index (χ0n) is 18.4. The molecule has 0 bridgehead atoms. The van der Waals surface area contributed by atoms with Crippen LogP contribution in [0.5, 0.6) is 5.75 Å². The van der Waals surface area contributed by atoms with Crippen molar-refractivity contribution in [2.45, 2.75) is 38.5 Å². The number of hydrogen-bond acceptors (Lipinski definition) is 5. The summed E-state index contributed by atoms with van der Waals surface area (Å²) in [6, 6.07) is 15.3. The summed E-state index contributed by atoms with van der Waals surface area (Å²) < 4.78 is 6.02. The third kappa shape index (κ3) is 7.61. The highest BCUT2D eigenvalue weighted by Crippen LogP contribution is 2.26. The molecular weight excluding hydrogens is 400 g/mol. The van der Waals surface area contributed by atoms with Gasteiger partial charge in [0.1, 0.15) is 5.75 Å². The molecule has 0 radical (unpaired) electrons. The average molecular weight is 431 g/mol. The van der Waals surface area contributed by atoms with Crippen molar-refractivity contribution in [1.29, 1.82) is 0 Å². The molecule has 0 unspecified atom stereocenters. The van der Waals surface area contributed by atoms with Crippen LogP contribution in [0, 0.1) is 0 Å². The molecule has 6 heteroatoms. The lowest BCUT2D eigenvalue weighted by Crippen LogP contribution is -2.23. The van der Waals surface area contributed by atoms with Crippen LogP contribution in [0.4, 0.5) is 0 Å². The van der Waals surface area contributed by atoms with Crippen molar-refractivity contribution < 1.29 is 9.53 Å². The summed E-state index contributed by atoms with van der Waals surface area (Å²) in [5, 5.41) is 2.94. The number of unbranched alkanes of at least 4 members (excludes halogenated alkanes) is 3. The van der Waals surface area contributed by atoms with Crippen molar-refractivity contribution in [2.75, 3.05) is 13.2 Å². The molecule has 0 aliphatic carbocycles. The first kappa shape index (κ1) is 23.1. The van der Waals surface area contributed by atoms with Gasteiger partial charge in [-0.1, -0.05) is 18.2 Å². The van der Waals surface area contributed by atoms with Gasteiger partial charge in [0.15, 0.2) is 0 Å². The Morgan fingerprint density at radius 3 is 2.19 bits per heavy atom. The highest BCUT2D eigenvalue weighted by molar-refractivity contribution is 5.75. The van der Waals surface area contributed by atoms with Gasteiger partial charge in [0.2, 0.25) is 5.91 Å². The molecule has 1 amide bonds. The van der Waals surface area contributed by atoms with Gasteiger partial charge in [0.05, 0.1) is 29.4 Å². The van der Waals surface area contributed by atoms with Crippen LogP contribution in [0.1, 0.15) is 38.5 Å². The van der Waals surface area contributed by atoms with Crippen LogP contribution in [0.15, 0.2) is 73.6 Å². The van der Waals surface area contributed by atoms with Crippen molar-refractivity contribution >= 4 is 5.91 Å². The van der Waals surface area contributed by atoms with Crippen LogP contribution in [0.25, 0.3) is 22.8 Å². The lowest BCUT2D eigenvalue weighted by Gasteiger charge is -2.10. The fraction of sp³-hybridized carbons (Fsp3) is 0.308. The van der Waals surface area contributed by atoms with E-state index in [1.54, 1.807) is 12.4 Å². The van der Waals surface area contributed by atoms with Gasteiger partial charge in [-0.3, -0.25) is 14.8 Å². The second-order valence-corrected chi connectivity index (χ2v) is 7.44. The summed E-state index contributed by atoms with van der Waals surface area (Å²) in [6.07, 6.45) is 10.5. The van der Waals surface area contributed by atoms with Gasteiger partial charge in [-0.15, -0.1) is 6.58 Å². The molecule has 3 aromatic rings. The Balaban J connectivity index is 1.52. The number of hydrogen-bond donors (Lipinski definition) is 1. The first-order chi connectivity index (χ1) is 15.8. The number of amides is 1. The molecule has 0 saturated carbocycles. The maximum atomic E-state index is 11.8. The molecule has 0 spiro atoms. The number of nitrogens with one attached hydrogen (secondary N) is 1. The lowest BCUT2D eigenvalue weighted by atomic mass is 10.1. The van der Waals surface area contributed by atoms with Crippen LogP contribution < -0.4 is 10.1 Å². The Hall–Kier alpha value is -3.54. The molecule has 166 valence electrons. The van der Waals surface area contributed by atoms with Crippen molar-refractivity contribution in [3.8, 4) is 28.5 Å². The number of nitrogens with zero attached hydrogens (tertiary/aromatic N) is 3. The monoisotopic (exact) mass is 430 g/mol. The van der Waals surface area contributed by atoms with Gasteiger partial charge in [-0.2, -0.15) is 0 Å². The zero-order chi connectivity index (χ0) is 22.4. The van der Waals surface area contributed by atoms with E-state index in [1.165, 1.54) is 0 Å². The highest BCUT2D eigenvalue weighted by atomic mass is 16.5. The zero-order valence-corrected chi connectivity index (χ0v) is 18.4. The minimum Gasteiger partial charge on any atom is -0.493 e. The number of aromatic nitrogens is 3. The quantitative estimate of drug-likeness (QED) is 0.297. The van der Waals surface area contributed by atoms with Gasteiger partial charge >= 0.3 is 0 Å². The van der Waals surface area contributed by atoms with Crippen molar-refractivity contribution in [2.24, 2.45) is 0 Å². The SMILES string of the molecule is C=CCCCNC(=O)CCCCCOc1cc(-c2ccccn2)nc(-c2ccccn2)c1. The summed E-state index contributed by atoms with van der Waals surface area (Å²) in [6.45, 7) is 4.98.